The highest BCUT2D eigenvalue weighted by Gasteiger charge is 2.10. The molecule has 3 nitrogen and oxygen atoms in total. The van der Waals surface area contributed by atoms with Crippen molar-refractivity contribution in [2.45, 2.75) is 117 Å². The third-order valence-corrected chi connectivity index (χ3v) is 6.21. The Labute approximate surface area is 187 Å². The summed E-state index contributed by atoms with van der Waals surface area (Å²) in [4.78, 5) is 2.39. The van der Waals surface area contributed by atoms with Crippen LogP contribution < -0.4 is 15.4 Å². The quantitative estimate of drug-likeness (QED) is 0.171. The van der Waals surface area contributed by atoms with Crippen LogP contribution in [-0.2, 0) is 0 Å². The lowest BCUT2D eigenvalue weighted by atomic mass is 10.0. The summed E-state index contributed by atoms with van der Waals surface area (Å²) in [5, 5.41) is 0. The molecule has 174 valence electrons. The molecule has 0 spiro atoms. The number of unbranched alkanes of at least 4 members (excludes halogenated alkanes) is 15. The van der Waals surface area contributed by atoms with E-state index in [1.54, 1.807) is 7.11 Å². The van der Waals surface area contributed by atoms with Gasteiger partial charge in [-0.2, -0.15) is 0 Å². The third-order valence-electron chi connectivity index (χ3n) is 6.21. The van der Waals surface area contributed by atoms with E-state index in [0.717, 1.165) is 30.2 Å². The molecule has 0 saturated heterocycles. The van der Waals surface area contributed by atoms with E-state index in [4.69, 9.17) is 10.5 Å². The molecule has 0 amide bonds. The van der Waals surface area contributed by atoms with E-state index < -0.39 is 0 Å². The van der Waals surface area contributed by atoms with Crippen LogP contribution in [0.1, 0.15) is 117 Å². The first-order valence-electron chi connectivity index (χ1n) is 12.9. The average molecular weight is 419 g/mol. The maximum atomic E-state index is 5.98. The second kappa shape index (κ2) is 18.4. The first-order chi connectivity index (χ1) is 14.7. The highest BCUT2D eigenvalue weighted by Crippen LogP contribution is 2.30. The number of rotatable bonds is 20. The van der Waals surface area contributed by atoms with E-state index in [-0.39, 0.29) is 0 Å². The zero-order chi connectivity index (χ0) is 21.9. The van der Waals surface area contributed by atoms with E-state index in [9.17, 15) is 0 Å². The number of anilines is 2. The van der Waals surface area contributed by atoms with E-state index >= 15 is 0 Å². The van der Waals surface area contributed by atoms with Crippen LogP contribution in [0.5, 0.6) is 5.75 Å². The molecule has 0 atom stereocenters. The zero-order valence-corrected chi connectivity index (χ0v) is 20.4. The summed E-state index contributed by atoms with van der Waals surface area (Å²) in [7, 11) is 1.73. The summed E-state index contributed by atoms with van der Waals surface area (Å²) >= 11 is 0. The van der Waals surface area contributed by atoms with Crippen molar-refractivity contribution < 1.29 is 4.74 Å². The largest absolute Gasteiger partial charge is 0.495 e. The molecular formula is C27H50N2O. The van der Waals surface area contributed by atoms with Crippen molar-refractivity contribution in [3.8, 4) is 5.75 Å². The van der Waals surface area contributed by atoms with E-state index in [2.05, 4.69) is 18.7 Å². The maximum Gasteiger partial charge on any atom is 0.142 e. The van der Waals surface area contributed by atoms with Gasteiger partial charge in [-0.05, 0) is 31.5 Å². The van der Waals surface area contributed by atoms with E-state index in [1.807, 2.05) is 18.2 Å². The van der Waals surface area contributed by atoms with Crippen molar-refractivity contribution in [3.05, 3.63) is 18.2 Å². The minimum Gasteiger partial charge on any atom is -0.495 e. The Morgan fingerprint density at radius 3 is 1.60 bits per heavy atom. The lowest BCUT2D eigenvalue weighted by Gasteiger charge is -2.25. The topological polar surface area (TPSA) is 38.5 Å². The van der Waals surface area contributed by atoms with Gasteiger partial charge in [0.15, 0.2) is 0 Å². The Balaban J connectivity index is 1.97. The number of hydrogen-bond donors (Lipinski definition) is 1. The summed E-state index contributed by atoms with van der Waals surface area (Å²) in [6.45, 7) is 6.56. The van der Waals surface area contributed by atoms with Crippen LogP contribution in [0.3, 0.4) is 0 Å². The first-order valence-corrected chi connectivity index (χ1v) is 12.9. The number of hydrogen-bond acceptors (Lipinski definition) is 3. The molecule has 0 radical (unpaired) electrons. The van der Waals surface area contributed by atoms with Gasteiger partial charge in [-0.15, -0.1) is 0 Å². The SMILES string of the molecule is CCCCCCCCCCCCCCCCCCN(CC)c1cc(N)ccc1OC. The van der Waals surface area contributed by atoms with Gasteiger partial charge in [-0.3, -0.25) is 0 Å². The number of ether oxygens (including phenoxy) is 1. The molecule has 0 aromatic heterocycles. The predicted octanol–water partition coefficient (Wildman–Crippen LogP) is 8.37. The van der Waals surface area contributed by atoms with E-state index in [1.165, 1.54) is 103 Å². The molecule has 3 heteroatoms. The van der Waals surface area contributed by atoms with Crippen molar-refractivity contribution in [2.24, 2.45) is 0 Å². The fraction of sp³-hybridized carbons (Fsp3) is 0.778. The van der Waals surface area contributed by atoms with Crippen molar-refractivity contribution in [3.63, 3.8) is 0 Å². The van der Waals surface area contributed by atoms with Crippen molar-refractivity contribution in [2.75, 3.05) is 30.8 Å². The van der Waals surface area contributed by atoms with Crippen LogP contribution in [0.25, 0.3) is 0 Å². The van der Waals surface area contributed by atoms with Gasteiger partial charge in [0, 0.05) is 18.8 Å². The van der Waals surface area contributed by atoms with Gasteiger partial charge in [0.1, 0.15) is 5.75 Å². The summed E-state index contributed by atoms with van der Waals surface area (Å²) in [6.07, 6.45) is 22.6. The Morgan fingerprint density at radius 1 is 0.700 bits per heavy atom. The minimum atomic E-state index is 0.802. The van der Waals surface area contributed by atoms with Crippen molar-refractivity contribution >= 4 is 11.4 Å². The van der Waals surface area contributed by atoms with Crippen molar-refractivity contribution in [1.29, 1.82) is 0 Å². The predicted molar refractivity (Wildman–Crippen MR) is 135 cm³/mol. The molecule has 1 aromatic rings. The first kappa shape index (κ1) is 26.7. The molecule has 0 bridgehead atoms. The molecule has 0 aliphatic carbocycles. The normalized spacial score (nSPS) is 11.0. The highest BCUT2D eigenvalue weighted by molar-refractivity contribution is 5.65. The Kier molecular flexibility index (Phi) is 16.3. The van der Waals surface area contributed by atoms with Gasteiger partial charge < -0.3 is 15.4 Å². The summed E-state index contributed by atoms with van der Waals surface area (Å²) < 4.78 is 5.52. The molecule has 1 rings (SSSR count). The van der Waals surface area contributed by atoms with Gasteiger partial charge in [-0.25, -0.2) is 0 Å². The standard InChI is InChI=1S/C27H50N2O/c1-4-6-7-8-9-10-11-12-13-14-15-16-17-18-19-20-23-29(5-2)26-24-25(28)21-22-27(26)30-3/h21-22,24H,4-20,23,28H2,1-3H3. The van der Waals surface area contributed by atoms with Crippen LogP contribution in [0.2, 0.25) is 0 Å². The summed E-state index contributed by atoms with van der Waals surface area (Å²) in [6, 6.07) is 5.92. The summed E-state index contributed by atoms with van der Waals surface area (Å²) in [5.74, 6) is 0.919. The van der Waals surface area contributed by atoms with Gasteiger partial charge in [0.05, 0.1) is 12.8 Å². The number of nitrogens with zero attached hydrogens (tertiary/aromatic N) is 1. The molecular weight excluding hydrogens is 368 g/mol. The van der Waals surface area contributed by atoms with Crippen LogP contribution in [0.15, 0.2) is 18.2 Å². The summed E-state index contributed by atoms with van der Waals surface area (Å²) in [5.41, 5.74) is 7.91. The third kappa shape index (κ3) is 12.3. The monoisotopic (exact) mass is 418 g/mol. The Hall–Kier alpha value is -1.38. The molecule has 0 heterocycles. The molecule has 0 aliphatic rings. The van der Waals surface area contributed by atoms with Gasteiger partial charge in [0.25, 0.3) is 0 Å². The molecule has 0 saturated carbocycles. The molecule has 30 heavy (non-hydrogen) atoms. The minimum absolute atomic E-state index is 0.802. The van der Waals surface area contributed by atoms with Crippen LogP contribution >= 0.6 is 0 Å². The van der Waals surface area contributed by atoms with Gasteiger partial charge in [-0.1, -0.05) is 103 Å². The van der Waals surface area contributed by atoms with Crippen LogP contribution in [-0.4, -0.2) is 20.2 Å². The zero-order valence-electron chi connectivity index (χ0n) is 20.4. The fourth-order valence-electron chi connectivity index (χ4n) is 4.25. The second-order valence-electron chi connectivity index (χ2n) is 8.81. The molecule has 0 unspecified atom stereocenters. The van der Waals surface area contributed by atoms with Crippen molar-refractivity contribution in [1.82, 2.24) is 0 Å². The highest BCUT2D eigenvalue weighted by atomic mass is 16.5. The van der Waals surface area contributed by atoms with Gasteiger partial charge >= 0.3 is 0 Å². The number of benzene rings is 1. The number of methoxy groups -OCH3 is 1. The number of nitrogen functional groups attached to an aromatic ring is 1. The Bertz CT molecular complexity index is 518. The smallest absolute Gasteiger partial charge is 0.142 e. The lowest BCUT2D eigenvalue weighted by molar-refractivity contribution is 0.414. The molecule has 0 aliphatic heterocycles. The maximum absolute atomic E-state index is 5.98. The molecule has 2 N–H and O–H groups in total. The lowest BCUT2D eigenvalue weighted by Crippen LogP contribution is -2.24. The average Bonchev–Trinajstić information content (AvgIpc) is 2.76. The second-order valence-corrected chi connectivity index (χ2v) is 8.81. The van der Waals surface area contributed by atoms with Crippen LogP contribution in [0, 0.1) is 0 Å². The molecule has 0 fully saturated rings. The molecule has 1 aromatic carbocycles. The van der Waals surface area contributed by atoms with E-state index in [0.29, 0.717) is 0 Å². The number of nitrogens with two attached hydrogens (primary N) is 1. The Morgan fingerprint density at radius 2 is 1.17 bits per heavy atom. The fourth-order valence-corrected chi connectivity index (χ4v) is 4.25. The van der Waals surface area contributed by atoms with Crippen LogP contribution in [0.4, 0.5) is 11.4 Å². The van der Waals surface area contributed by atoms with Gasteiger partial charge in [0.2, 0.25) is 0 Å².